The summed E-state index contributed by atoms with van der Waals surface area (Å²) < 4.78 is 0. The second kappa shape index (κ2) is 4.88. The van der Waals surface area contributed by atoms with Gasteiger partial charge in [0.1, 0.15) is 0 Å². The summed E-state index contributed by atoms with van der Waals surface area (Å²) in [5.41, 5.74) is -0.448. The number of aliphatic carboxylic acids is 1. The average Bonchev–Trinajstić information content (AvgIpc) is 2.50. The van der Waals surface area contributed by atoms with Gasteiger partial charge in [0.15, 0.2) is 0 Å². The van der Waals surface area contributed by atoms with Crippen LogP contribution in [-0.4, -0.2) is 40.1 Å². The van der Waals surface area contributed by atoms with Crippen LogP contribution in [0.1, 0.15) is 26.7 Å². The maximum Gasteiger partial charge on any atom is 0.303 e. The van der Waals surface area contributed by atoms with Gasteiger partial charge in [0.25, 0.3) is 0 Å². The summed E-state index contributed by atoms with van der Waals surface area (Å²) in [6, 6.07) is 0. The van der Waals surface area contributed by atoms with Crippen LogP contribution in [0.3, 0.4) is 0 Å². The van der Waals surface area contributed by atoms with Gasteiger partial charge >= 0.3 is 5.97 Å². The molecule has 1 saturated heterocycles. The molecule has 0 spiro atoms. The van der Waals surface area contributed by atoms with Crippen LogP contribution in [0.4, 0.5) is 0 Å². The fourth-order valence-electron chi connectivity index (χ4n) is 1.60. The lowest BCUT2D eigenvalue weighted by Crippen LogP contribution is -2.32. The molecule has 0 saturated carbocycles. The van der Waals surface area contributed by atoms with E-state index in [9.17, 15) is 9.59 Å². The van der Waals surface area contributed by atoms with Crippen LogP contribution in [-0.2, 0) is 9.59 Å². The topological polar surface area (TPSA) is 57.6 Å². The van der Waals surface area contributed by atoms with Crippen LogP contribution < -0.4 is 0 Å². The zero-order valence-corrected chi connectivity index (χ0v) is 9.97. The molecule has 0 aromatic heterocycles. The number of carboxylic acid groups (broad SMARTS) is 1. The second-order valence-corrected chi connectivity index (χ2v) is 5.68. The summed E-state index contributed by atoms with van der Waals surface area (Å²) >= 11 is 1.74. The molecule has 0 bridgehead atoms. The maximum atomic E-state index is 11.8. The highest BCUT2D eigenvalue weighted by molar-refractivity contribution is 7.99. The van der Waals surface area contributed by atoms with Crippen molar-refractivity contribution >= 4 is 23.6 Å². The molecule has 0 aromatic rings. The van der Waals surface area contributed by atoms with Crippen molar-refractivity contribution in [3.63, 3.8) is 0 Å². The highest BCUT2D eigenvalue weighted by Gasteiger charge is 2.28. The zero-order chi connectivity index (χ0) is 11.5. The molecule has 1 rings (SSSR count). The first-order valence-corrected chi connectivity index (χ1v) is 6.13. The number of nitrogens with zero attached hydrogens (tertiary/aromatic N) is 1. The summed E-state index contributed by atoms with van der Waals surface area (Å²) in [5.74, 6) is 0.974. The third kappa shape index (κ3) is 4.11. The smallest absolute Gasteiger partial charge is 0.303 e. The van der Waals surface area contributed by atoms with E-state index in [-0.39, 0.29) is 12.3 Å². The Kier molecular flexibility index (Phi) is 4.02. The van der Waals surface area contributed by atoms with Crippen LogP contribution in [0.15, 0.2) is 0 Å². The van der Waals surface area contributed by atoms with E-state index < -0.39 is 11.4 Å². The fourth-order valence-corrected chi connectivity index (χ4v) is 2.58. The normalized spacial score (nSPS) is 16.8. The quantitative estimate of drug-likeness (QED) is 0.794. The van der Waals surface area contributed by atoms with Gasteiger partial charge < -0.3 is 10.0 Å². The molecule has 4 nitrogen and oxygen atoms in total. The Morgan fingerprint density at radius 1 is 1.40 bits per heavy atom. The standard InChI is InChI=1S/C10H17NO3S/c1-10(2,6-9(13)14)5-8(12)11-3-4-15-7-11/h3-7H2,1-2H3,(H,13,14). The number of thioether (sulfide) groups is 1. The Morgan fingerprint density at radius 3 is 2.53 bits per heavy atom. The molecule has 1 heterocycles. The van der Waals surface area contributed by atoms with Crippen molar-refractivity contribution in [1.82, 2.24) is 4.90 Å². The zero-order valence-electron chi connectivity index (χ0n) is 9.15. The predicted octanol–water partition coefficient (Wildman–Crippen LogP) is 1.41. The largest absolute Gasteiger partial charge is 0.481 e. The van der Waals surface area contributed by atoms with Crippen LogP contribution in [0.5, 0.6) is 0 Å². The Labute approximate surface area is 94.0 Å². The van der Waals surface area contributed by atoms with Gasteiger partial charge in [0.2, 0.25) is 5.91 Å². The molecule has 15 heavy (non-hydrogen) atoms. The van der Waals surface area contributed by atoms with Gasteiger partial charge in [-0.05, 0) is 5.41 Å². The minimum atomic E-state index is -0.844. The van der Waals surface area contributed by atoms with Crippen molar-refractivity contribution < 1.29 is 14.7 Å². The number of hydrogen-bond donors (Lipinski definition) is 1. The molecule has 0 radical (unpaired) electrons. The van der Waals surface area contributed by atoms with Crippen molar-refractivity contribution in [2.45, 2.75) is 26.7 Å². The summed E-state index contributed by atoms with van der Waals surface area (Å²) in [7, 11) is 0. The lowest BCUT2D eigenvalue weighted by Gasteiger charge is -2.24. The van der Waals surface area contributed by atoms with Crippen molar-refractivity contribution in [2.75, 3.05) is 18.2 Å². The first-order chi connectivity index (χ1) is 6.91. The van der Waals surface area contributed by atoms with Crippen molar-refractivity contribution in [1.29, 1.82) is 0 Å². The van der Waals surface area contributed by atoms with E-state index in [2.05, 4.69) is 0 Å². The highest BCUT2D eigenvalue weighted by atomic mass is 32.2. The third-order valence-corrected chi connectivity index (χ3v) is 3.33. The lowest BCUT2D eigenvalue weighted by molar-refractivity contribution is -0.140. The number of rotatable bonds is 4. The van der Waals surface area contributed by atoms with E-state index in [1.165, 1.54) is 0 Å². The monoisotopic (exact) mass is 231 g/mol. The molecule has 1 N–H and O–H groups in total. The molecule has 86 valence electrons. The molecule has 1 amide bonds. The number of carboxylic acids is 1. The molecule has 1 aliphatic heterocycles. The van der Waals surface area contributed by atoms with Gasteiger partial charge in [-0.15, -0.1) is 11.8 Å². The molecule has 5 heteroatoms. The molecule has 0 aliphatic carbocycles. The minimum absolute atomic E-state index is 0.0414. The first kappa shape index (κ1) is 12.4. The molecular weight excluding hydrogens is 214 g/mol. The predicted molar refractivity (Wildman–Crippen MR) is 59.7 cm³/mol. The molecule has 0 atom stereocenters. The number of carbonyl (C=O) groups excluding carboxylic acids is 1. The number of carbonyl (C=O) groups is 2. The molecule has 1 aliphatic rings. The minimum Gasteiger partial charge on any atom is -0.481 e. The SMILES string of the molecule is CC(C)(CC(=O)O)CC(=O)N1CCSC1. The Hall–Kier alpha value is -0.710. The van der Waals surface area contributed by atoms with E-state index in [1.54, 1.807) is 16.7 Å². The average molecular weight is 231 g/mol. The van der Waals surface area contributed by atoms with Gasteiger partial charge in [0, 0.05) is 18.7 Å². The van der Waals surface area contributed by atoms with E-state index >= 15 is 0 Å². The van der Waals surface area contributed by atoms with Crippen molar-refractivity contribution in [3.8, 4) is 0 Å². The summed E-state index contributed by atoms with van der Waals surface area (Å²) in [6.07, 6.45) is 0.361. The van der Waals surface area contributed by atoms with E-state index in [4.69, 9.17) is 5.11 Å². The lowest BCUT2D eigenvalue weighted by atomic mass is 9.85. The van der Waals surface area contributed by atoms with E-state index in [1.807, 2.05) is 13.8 Å². The van der Waals surface area contributed by atoms with Gasteiger partial charge in [-0.3, -0.25) is 9.59 Å². The summed E-state index contributed by atoms with van der Waals surface area (Å²) in [4.78, 5) is 24.2. The Morgan fingerprint density at radius 2 is 2.07 bits per heavy atom. The van der Waals surface area contributed by atoms with Crippen LogP contribution in [0.25, 0.3) is 0 Å². The second-order valence-electron chi connectivity index (χ2n) is 4.61. The first-order valence-electron chi connectivity index (χ1n) is 4.98. The fraction of sp³-hybridized carbons (Fsp3) is 0.800. The van der Waals surface area contributed by atoms with Crippen LogP contribution in [0, 0.1) is 5.41 Å². The van der Waals surface area contributed by atoms with E-state index in [0.29, 0.717) is 6.42 Å². The Balaban J connectivity index is 2.44. The summed E-state index contributed by atoms with van der Waals surface area (Å²) in [5, 5.41) is 8.70. The van der Waals surface area contributed by atoms with Crippen molar-refractivity contribution in [3.05, 3.63) is 0 Å². The Bertz CT molecular complexity index is 259. The van der Waals surface area contributed by atoms with Gasteiger partial charge in [-0.1, -0.05) is 13.8 Å². The molecule has 1 fully saturated rings. The van der Waals surface area contributed by atoms with Crippen molar-refractivity contribution in [2.24, 2.45) is 5.41 Å². The third-order valence-electron chi connectivity index (χ3n) is 2.36. The van der Waals surface area contributed by atoms with Crippen LogP contribution >= 0.6 is 11.8 Å². The van der Waals surface area contributed by atoms with Gasteiger partial charge in [0.05, 0.1) is 12.3 Å². The maximum absolute atomic E-state index is 11.8. The molecule has 0 unspecified atom stereocenters. The summed E-state index contributed by atoms with van der Waals surface area (Å²) in [6.45, 7) is 4.44. The molecular formula is C10H17NO3S. The highest BCUT2D eigenvalue weighted by Crippen LogP contribution is 2.27. The van der Waals surface area contributed by atoms with Crippen LogP contribution in [0.2, 0.25) is 0 Å². The van der Waals surface area contributed by atoms with Gasteiger partial charge in [-0.2, -0.15) is 0 Å². The molecule has 0 aromatic carbocycles. The number of amides is 1. The number of hydrogen-bond acceptors (Lipinski definition) is 3. The van der Waals surface area contributed by atoms with E-state index in [0.717, 1.165) is 18.2 Å². The van der Waals surface area contributed by atoms with Gasteiger partial charge in [-0.25, -0.2) is 0 Å².